The van der Waals surface area contributed by atoms with E-state index in [4.69, 9.17) is 4.74 Å². The lowest BCUT2D eigenvalue weighted by atomic mass is 10.1. The summed E-state index contributed by atoms with van der Waals surface area (Å²) in [5.41, 5.74) is -0.544. The quantitative estimate of drug-likeness (QED) is 0.821. The zero-order valence-corrected chi connectivity index (χ0v) is 11.8. The van der Waals surface area contributed by atoms with Gasteiger partial charge in [0.2, 0.25) is 5.91 Å². The van der Waals surface area contributed by atoms with Gasteiger partial charge in [0.25, 0.3) is 0 Å². The molecule has 5 nitrogen and oxygen atoms in total. The molecule has 1 aliphatic heterocycles. The molecule has 1 saturated heterocycles. The van der Waals surface area contributed by atoms with Crippen LogP contribution in [0.5, 0.6) is 0 Å². The van der Waals surface area contributed by atoms with E-state index in [0.29, 0.717) is 0 Å². The van der Waals surface area contributed by atoms with Crippen molar-refractivity contribution < 1.29 is 14.3 Å². The summed E-state index contributed by atoms with van der Waals surface area (Å²) in [5, 5.41) is 2.58. The molecule has 5 heteroatoms. The molecule has 1 heterocycles. The van der Waals surface area contributed by atoms with Crippen molar-refractivity contribution in [3.8, 4) is 0 Å². The summed E-state index contributed by atoms with van der Waals surface area (Å²) in [6.07, 6.45) is 2.73. The van der Waals surface area contributed by atoms with Crippen LogP contribution in [0.15, 0.2) is 0 Å². The van der Waals surface area contributed by atoms with Gasteiger partial charge in [-0.05, 0) is 47.0 Å². The van der Waals surface area contributed by atoms with E-state index < -0.39 is 17.7 Å². The third-order valence-electron chi connectivity index (χ3n) is 2.77. The average Bonchev–Trinajstić information content (AvgIpc) is 2.26. The van der Waals surface area contributed by atoms with Crippen molar-refractivity contribution in [2.45, 2.75) is 58.6 Å². The predicted octanol–water partition coefficient (Wildman–Crippen LogP) is 1.91. The van der Waals surface area contributed by atoms with Gasteiger partial charge < -0.3 is 15.0 Å². The first-order chi connectivity index (χ1) is 8.29. The van der Waals surface area contributed by atoms with Crippen LogP contribution < -0.4 is 5.32 Å². The minimum Gasteiger partial charge on any atom is -0.444 e. The maximum atomic E-state index is 12.1. The van der Waals surface area contributed by atoms with Crippen molar-refractivity contribution in [3.05, 3.63) is 0 Å². The van der Waals surface area contributed by atoms with E-state index in [1.165, 1.54) is 6.42 Å². The lowest BCUT2D eigenvalue weighted by Gasteiger charge is -2.29. The second-order valence-electron chi connectivity index (χ2n) is 5.75. The molecular weight excluding hydrogens is 232 g/mol. The molecule has 0 spiro atoms. The molecule has 1 N–H and O–H groups in total. The van der Waals surface area contributed by atoms with Crippen molar-refractivity contribution in [2.75, 3.05) is 13.1 Å². The smallest absolute Gasteiger partial charge is 0.408 e. The largest absolute Gasteiger partial charge is 0.444 e. The van der Waals surface area contributed by atoms with Crippen molar-refractivity contribution in [1.29, 1.82) is 0 Å². The first-order valence-corrected chi connectivity index (χ1v) is 6.58. The van der Waals surface area contributed by atoms with Gasteiger partial charge in [0.15, 0.2) is 0 Å². The molecule has 2 amide bonds. The summed E-state index contributed by atoms with van der Waals surface area (Å²) in [5.74, 6) is -0.0273. The Morgan fingerprint density at radius 3 is 2.22 bits per heavy atom. The number of piperidine rings is 1. The normalized spacial score (nSPS) is 18.1. The van der Waals surface area contributed by atoms with Crippen molar-refractivity contribution in [3.63, 3.8) is 0 Å². The third kappa shape index (κ3) is 4.94. The molecular formula is C13H24N2O3. The molecule has 0 aromatic heterocycles. The van der Waals surface area contributed by atoms with Gasteiger partial charge in [0, 0.05) is 13.1 Å². The molecule has 1 atom stereocenters. The fourth-order valence-electron chi connectivity index (χ4n) is 1.93. The number of carbonyl (C=O) groups is 2. The lowest BCUT2D eigenvalue weighted by Crippen LogP contribution is -2.49. The van der Waals surface area contributed by atoms with Crippen LogP contribution in [0, 0.1) is 0 Å². The minimum atomic E-state index is -0.544. The van der Waals surface area contributed by atoms with Gasteiger partial charge in [0.05, 0.1) is 0 Å². The Kier molecular flexibility index (Phi) is 4.99. The van der Waals surface area contributed by atoms with Gasteiger partial charge in [-0.25, -0.2) is 4.79 Å². The summed E-state index contributed by atoms with van der Waals surface area (Å²) >= 11 is 0. The van der Waals surface area contributed by atoms with Gasteiger partial charge in [-0.3, -0.25) is 4.79 Å². The van der Waals surface area contributed by atoms with Crippen LogP contribution in [0.4, 0.5) is 4.79 Å². The van der Waals surface area contributed by atoms with Crippen LogP contribution >= 0.6 is 0 Å². The number of ether oxygens (including phenoxy) is 1. The van der Waals surface area contributed by atoms with Crippen LogP contribution in [0.3, 0.4) is 0 Å². The monoisotopic (exact) mass is 256 g/mol. The van der Waals surface area contributed by atoms with E-state index >= 15 is 0 Å². The highest BCUT2D eigenvalue weighted by Crippen LogP contribution is 2.11. The molecule has 0 saturated carbocycles. The molecule has 0 aromatic carbocycles. The van der Waals surface area contributed by atoms with Crippen molar-refractivity contribution >= 4 is 12.0 Å². The fraction of sp³-hybridized carbons (Fsp3) is 0.846. The number of alkyl carbamates (subject to hydrolysis) is 1. The van der Waals surface area contributed by atoms with Crippen LogP contribution in [-0.4, -0.2) is 41.6 Å². The Labute approximate surface area is 109 Å². The van der Waals surface area contributed by atoms with Crippen LogP contribution in [-0.2, 0) is 9.53 Å². The van der Waals surface area contributed by atoms with E-state index in [1.54, 1.807) is 27.7 Å². The number of nitrogens with zero attached hydrogens (tertiary/aromatic N) is 1. The maximum absolute atomic E-state index is 12.1. The Morgan fingerprint density at radius 1 is 1.17 bits per heavy atom. The first-order valence-electron chi connectivity index (χ1n) is 6.58. The summed E-state index contributed by atoms with van der Waals surface area (Å²) in [6.45, 7) is 8.66. The van der Waals surface area contributed by atoms with Gasteiger partial charge in [-0.1, -0.05) is 0 Å². The summed E-state index contributed by atoms with van der Waals surface area (Å²) < 4.78 is 5.13. The molecule has 104 valence electrons. The van der Waals surface area contributed by atoms with Crippen LogP contribution in [0.25, 0.3) is 0 Å². The Morgan fingerprint density at radius 2 is 1.72 bits per heavy atom. The summed E-state index contributed by atoms with van der Waals surface area (Å²) in [6, 6.07) is -0.530. The van der Waals surface area contributed by atoms with E-state index in [1.807, 2.05) is 4.90 Å². The second-order valence-corrected chi connectivity index (χ2v) is 5.75. The molecule has 0 aliphatic carbocycles. The molecule has 0 unspecified atom stereocenters. The summed E-state index contributed by atoms with van der Waals surface area (Å²) in [7, 11) is 0. The highest BCUT2D eigenvalue weighted by atomic mass is 16.6. The number of likely N-dealkylation sites (tertiary alicyclic amines) is 1. The Hall–Kier alpha value is -1.26. The highest BCUT2D eigenvalue weighted by molar-refractivity contribution is 5.85. The van der Waals surface area contributed by atoms with E-state index in [2.05, 4.69) is 5.32 Å². The number of rotatable bonds is 2. The van der Waals surface area contributed by atoms with Gasteiger partial charge in [-0.15, -0.1) is 0 Å². The van der Waals surface area contributed by atoms with Crippen LogP contribution in [0.2, 0.25) is 0 Å². The topological polar surface area (TPSA) is 58.6 Å². The SMILES string of the molecule is C[C@@H](NC(=O)OC(C)(C)C)C(=O)N1CCCCC1. The van der Waals surface area contributed by atoms with E-state index in [9.17, 15) is 9.59 Å². The van der Waals surface area contributed by atoms with Gasteiger partial charge in [-0.2, -0.15) is 0 Å². The number of amides is 2. The molecule has 0 aromatic rings. The molecule has 1 rings (SSSR count). The van der Waals surface area contributed by atoms with E-state index in [-0.39, 0.29) is 5.91 Å². The number of nitrogens with one attached hydrogen (secondary N) is 1. The zero-order chi connectivity index (χ0) is 13.8. The number of hydrogen-bond acceptors (Lipinski definition) is 3. The second kappa shape index (κ2) is 6.07. The minimum absolute atomic E-state index is 0.0273. The Balaban J connectivity index is 2.41. The van der Waals surface area contributed by atoms with Crippen molar-refractivity contribution in [1.82, 2.24) is 10.2 Å². The molecule has 1 fully saturated rings. The molecule has 1 aliphatic rings. The third-order valence-corrected chi connectivity index (χ3v) is 2.77. The first kappa shape index (κ1) is 14.8. The van der Waals surface area contributed by atoms with Crippen LogP contribution in [0.1, 0.15) is 47.0 Å². The predicted molar refractivity (Wildman–Crippen MR) is 69.3 cm³/mol. The van der Waals surface area contributed by atoms with Crippen molar-refractivity contribution in [2.24, 2.45) is 0 Å². The van der Waals surface area contributed by atoms with Gasteiger partial charge >= 0.3 is 6.09 Å². The van der Waals surface area contributed by atoms with E-state index in [0.717, 1.165) is 25.9 Å². The lowest BCUT2D eigenvalue weighted by molar-refractivity contribution is -0.133. The maximum Gasteiger partial charge on any atom is 0.408 e. The zero-order valence-electron chi connectivity index (χ0n) is 11.8. The Bertz CT molecular complexity index is 304. The average molecular weight is 256 g/mol. The van der Waals surface area contributed by atoms with Gasteiger partial charge in [0.1, 0.15) is 11.6 Å². The fourth-order valence-corrected chi connectivity index (χ4v) is 1.93. The number of hydrogen-bond donors (Lipinski definition) is 1. The standard InChI is InChI=1S/C13H24N2O3/c1-10(14-12(17)18-13(2,3)4)11(16)15-8-6-5-7-9-15/h10H,5-9H2,1-4H3,(H,14,17)/t10-/m1/s1. The number of carbonyl (C=O) groups excluding carboxylic acids is 2. The molecule has 0 radical (unpaired) electrons. The molecule has 18 heavy (non-hydrogen) atoms. The summed E-state index contributed by atoms with van der Waals surface area (Å²) in [4.78, 5) is 25.4. The molecule has 0 bridgehead atoms. The highest BCUT2D eigenvalue weighted by Gasteiger charge is 2.25.